The average molecular weight is 447 g/mol. The maximum Gasteiger partial charge on any atom is 0.325 e. The number of amides is 4. The number of nitrogens with zero attached hydrogens (tertiary/aromatic N) is 3. The summed E-state index contributed by atoms with van der Waals surface area (Å²) in [5, 5.41) is 2.99. The van der Waals surface area contributed by atoms with Crippen LogP contribution >= 0.6 is 0 Å². The highest BCUT2D eigenvalue weighted by atomic mass is 16.2. The van der Waals surface area contributed by atoms with Crippen LogP contribution in [0.3, 0.4) is 0 Å². The molecule has 3 unspecified atom stereocenters. The van der Waals surface area contributed by atoms with Crippen LogP contribution < -0.4 is 5.32 Å². The number of carbonyl (C=O) groups is 3. The Balaban J connectivity index is 1.35. The van der Waals surface area contributed by atoms with Crippen LogP contribution in [0.2, 0.25) is 0 Å². The molecule has 4 fully saturated rings. The minimum Gasteiger partial charge on any atom is -0.341 e. The SMILES string of the molecule is CC1CCN(CC2CCCN(C(=O)CN3C(=O)NC4(CC(C)CC(C)(C)C4)C3=O)C2)CC1. The van der Waals surface area contributed by atoms with Gasteiger partial charge in [-0.1, -0.05) is 27.7 Å². The number of rotatable bonds is 4. The van der Waals surface area contributed by atoms with Gasteiger partial charge in [0.05, 0.1) is 0 Å². The molecule has 1 N–H and O–H groups in total. The molecule has 1 aliphatic carbocycles. The Morgan fingerprint density at radius 2 is 1.75 bits per heavy atom. The molecule has 4 rings (SSSR count). The molecular weight excluding hydrogens is 404 g/mol. The van der Waals surface area contributed by atoms with Crippen molar-refractivity contribution < 1.29 is 14.4 Å². The summed E-state index contributed by atoms with van der Waals surface area (Å²) < 4.78 is 0. The molecule has 3 atom stereocenters. The van der Waals surface area contributed by atoms with Crippen molar-refractivity contribution in [2.24, 2.45) is 23.2 Å². The second-order valence-electron chi connectivity index (χ2n) is 12.1. The zero-order valence-corrected chi connectivity index (χ0v) is 20.5. The molecule has 7 heteroatoms. The molecule has 0 radical (unpaired) electrons. The summed E-state index contributed by atoms with van der Waals surface area (Å²) in [6.45, 7) is 13.5. The molecule has 0 aromatic carbocycles. The van der Waals surface area contributed by atoms with Crippen LogP contribution in [0, 0.1) is 23.2 Å². The third-order valence-corrected chi connectivity index (χ3v) is 8.18. The van der Waals surface area contributed by atoms with Gasteiger partial charge in [-0.3, -0.25) is 14.5 Å². The molecule has 1 spiro atoms. The van der Waals surface area contributed by atoms with Crippen LogP contribution in [0.5, 0.6) is 0 Å². The van der Waals surface area contributed by atoms with Gasteiger partial charge < -0.3 is 15.1 Å². The second kappa shape index (κ2) is 8.96. The lowest BCUT2D eigenvalue weighted by Crippen LogP contribution is -2.54. The second-order valence-corrected chi connectivity index (χ2v) is 12.1. The molecule has 180 valence electrons. The molecular formula is C25H42N4O3. The normalized spacial score (nSPS) is 34.2. The third kappa shape index (κ3) is 4.97. The van der Waals surface area contributed by atoms with Crippen molar-refractivity contribution in [2.75, 3.05) is 39.3 Å². The van der Waals surface area contributed by atoms with Crippen LogP contribution in [0.15, 0.2) is 0 Å². The molecule has 3 aliphatic heterocycles. The quantitative estimate of drug-likeness (QED) is 0.674. The Morgan fingerprint density at radius 3 is 2.44 bits per heavy atom. The first-order chi connectivity index (χ1) is 15.1. The van der Waals surface area contributed by atoms with Gasteiger partial charge in [0.1, 0.15) is 12.1 Å². The van der Waals surface area contributed by atoms with Gasteiger partial charge in [0.2, 0.25) is 5.91 Å². The van der Waals surface area contributed by atoms with Gasteiger partial charge in [-0.05, 0) is 81.2 Å². The fourth-order valence-corrected chi connectivity index (χ4v) is 6.94. The topological polar surface area (TPSA) is 73.0 Å². The van der Waals surface area contributed by atoms with Gasteiger partial charge in [-0.25, -0.2) is 4.79 Å². The number of hydrogen-bond donors (Lipinski definition) is 1. The van der Waals surface area contributed by atoms with Crippen LogP contribution in [0.4, 0.5) is 4.79 Å². The van der Waals surface area contributed by atoms with Gasteiger partial charge in [-0.2, -0.15) is 0 Å². The van der Waals surface area contributed by atoms with Crippen LogP contribution in [0.25, 0.3) is 0 Å². The first-order valence-electron chi connectivity index (χ1n) is 12.7. The predicted octanol–water partition coefficient (Wildman–Crippen LogP) is 3.09. The largest absolute Gasteiger partial charge is 0.341 e. The van der Waals surface area contributed by atoms with Crippen molar-refractivity contribution in [1.29, 1.82) is 0 Å². The van der Waals surface area contributed by atoms with Crippen molar-refractivity contribution in [3.05, 3.63) is 0 Å². The standard InChI is InChI=1S/C25H42N4O3/c1-18-7-10-27(11-8-18)14-20-6-5-9-28(15-20)21(30)16-29-22(31)25(26-23(29)32)13-19(2)12-24(3,4)17-25/h18-20H,5-17H2,1-4H3,(H,26,32). The Hall–Kier alpha value is -1.63. The number of carbonyl (C=O) groups excluding carboxylic acids is 3. The molecule has 3 heterocycles. The van der Waals surface area contributed by atoms with Gasteiger partial charge in [0.25, 0.3) is 5.91 Å². The highest BCUT2D eigenvalue weighted by Gasteiger charge is 2.56. The number of imide groups is 1. The maximum absolute atomic E-state index is 13.4. The zero-order chi connectivity index (χ0) is 23.1. The Kier molecular flexibility index (Phi) is 6.59. The van der Waals surface area contributed by atoms with E-state index < -0.39 is 11.6 Å². The summed E-state index contributed by atoms with van der Waals surface area (Å²) in [6, 6.07) is -0.399. The minimum absolute atomic E-state index is 0.00698. The fraction of sp³-hybridized carbons (Fsp3) is 0.880. The van der Waals surface area contributed by atoms with Crippen molar-refractivity contribution in [2.45, 2.75) is 78.2 Å². The Labute approximate surface area is 193 Å². The smallest absolute Gasteiger partial charge is 0.325 e. The molecule has 1 saturated carbocycles. The van der Waals surface area contributed by atoms with Gasteiger partial charge >= 0.3 is 6.03 Å². The fourth-order valence-electron chi connectivity index (χ4n) is 6.94. The number of urea groups is 1. The van der Waals surface area contributed by atoms with E-state index in [0.29, 0.717) is 24.7 Å². The van der Waals surface area contributed by atoms with Crippen LogP contribution in [-0.2, 0) is 9.59 Å². The van der Waals surface area contributed by atoms with Crippen molar-refractivity contribution >= 4 is 17.8 Å². The number of piperidine rings is 2. The zero-order valence-electron chi connectivity index (χ0n) is 20.5. The van der Waals surface area contributed by atoms with E-state index in [-0.39, 0.29) is 23.8 Å². The van der Waals surface area contributed by atoms with E-state index in [9.17, 15) is 14.4 Å². The predicted molar refractivity (Wildman–Crippen MR) is 124 cm³/mol. The lowest BCUT2D eigenvalue weighted by molar-refractivity contribution is -0.141. The summed E-state index contributed by atoms with van der Waals surface area (Å²) >= 11 is 0. The van der Waals surface area contributed by atoms with Crippen molar-refractivity contribution in [3.63, 3.8) is 0 Å². The van der Waals surface area contributed by atoms with E-state index >= 15 is 0 Å². The molecule has 0 aromatic rings. The molecule has 0 bridgehead atoms. The maximum atomic E-state index is 13.4. The summed E-state index contributed by atoms with van der Waals surface area (Å²) in [7, 11) is 0. The lowest BCUT2D eigenvalue weighted by Gasteiger charge is -2.43. The molecule has 32 heavy (non-hydrogen) atoms. The lowest BCUT2D eigenvalue weighted by atomic mass is 9.64. The highest BCUT2D eigenvalue weighted by Crippen LogP contribution is 2.46. The summed E-state index contributed by atoms with van der Waals surface area (Å²) in [6.07, 6.45) is 7.01. The van der Waals surface area contributed by atoms with E-state index in [1.807, 2.05) is 4.90 Å². The molecule has 4 amide bonds. The molecule has 4 aliphatic rings. The van der Waals surface area contributed by atoms with E-state index in [1.165, 1.54) is 17.7 Å². The first kappa shape index (κ1) is 23.5. The van der Waals surface area contributed by atoms with Gasteiger partial charge in [0.15, 0.2) is 0 Å². The van der Waals surface area contributed by atoms with Gasteiger partial charge in [0, 0.05) is 19.6 Å². The summed E-state index contributed by atoms with van der Waals surface area (Å²) in [5.41, 5.74) is -0.846. The summed E-state index contributed by atoms with van der Waals surface area (Å²) in [5.74, 6) is 1.37. The highest BCUT2D eigenvalue weighted by molar-refractivity contribution is 6.09. The first-order valence-corrected chi connectivity index (χ1v) is 12.7. The Bertz CT molecular complexity index is 745. The van der Waals surface area contributed by atoms with E-state index in [2.05, 4.69) is 37.9 Å². The van der Waals surface area contributed by atoms with Gasteiger partial charge in [-0.15, -0.1) is 0 Å². The van der Waals surface area contributed by atoms with E-state index in [4.69, 9.17) is 0 Å². The minimum atomic E-state index is -0.839. The van der Waals surface area contributed by atoms with E-state index in [1.54, 1.807) is 0 Å². The Morgan fingerprint density at radius 1 is 1.03 bits per heavy atom. The van der Waals surface area contributed by atoms with Crippen molar-refractivity contribution in [1.82, 2.24) is 20.0 Å². The molecule has 7 nitrogen and oxygen atoms in total. The van der Waals surface area contributed by atoms with Crippen molar-refractivity contribution in [3.8, 4) is 0 Å². The number of nitrogens with one attached hydrogen (secondary N) is 1. The van der Waals surface area contributed by atoms with Crippen LogP contribution in [-0.4, -0.2) is 77.4 Å². The number of hydrogen-bond acceptors (Lipinski definition) is 4. The third-order valence-electron chi connectivity index (χ3n) is 8.18. The average Bonchev–Trinajstić information content (AvgIpc) is 2.91. The van der Waals surface area contributed by atoms with E-state index in [0.717, 1.165) is 57.9 Å². The summed E-state index contributed by atoms with van der Waals surface area (Å²) in [4.78, 5) is 44.9. The monoisotopic (exact) mass is 446 g/mol. The molecule has 0 aromatic heterocycles. The number of likely N-dealkylation sites (tertiary alicyclic amines) is 2. The molecule has 3 saturated heterocycles. The van der Waals surface area contributed by atoms with Crippen LogP contribution in [0.1, 0.15) is 72.6 Å².